The lowest BCUT2D eigenvalue weighted by Gasteiger charge is -2.34. The van der Waals surface area contributed by atoms with Crippen molar-refractivity contribution in [3.63, 3.8) is 0 Å². The van der Waals surface area contributed by atoms with Gasteiger partial charge in [0.2, 0.25) is 11.8 Å². The molecule has 1 N–H and O–H groups in total. The minimum Gasteiger partial charge on any atom is -0.352 e. The van der Waals surface area contributed by atoms with Gasteiger partial charge in [-0.25, -0.2) is 12.8 Å². The first-order valence-electron chi connectivity index (χ1n) is 14.5. The Morgan fingerprint density at radius 2 is 1.57 bits per heavy atom. The highest BCUT2D eigenvalue weighted by Crippen LogP contribution is 2.27. The molecule has 0 unspecified atom stereocenters. The lowest BCUT2D eigenvalue weighted by molar-refractivity contribution is -0.140. The molecule has 0 radical (unpaired) electrons. The summed E-state index contributed by atoms with van der Waals surface area (Å²) in [6.07, 6.45) is 4.20. The maximum absolute atomic E-state index is 14.2. The second kappa shape index (κ2) is 13.5. The van der Waals surface area contributed by atoms with Gasteiger partial charge in [-0.2, -0.15) is 0 Å². The molecule has 1 atom stereocenters. The Bertz CT molecular complexity index is 1500. The van der Waals surface area contributed by atoms with Crippen molar-refractivity contribution in [1.82, 2.24) is 10.2 Å². The summed E-state index contributed by atoms with van der Waals surface area (Å²) >= 11 is 0. The largest absolute Gasteiger partial charge is 0.352 e. The molecule has 1 aliphatic rings. The van der Waals surface area contributed by atoms with Gasteiger partial charge in [0.05, 0.1) is 10.6 Å². The molecule has 1 aliphatic carbocycles. The van der Waals surface area contributed by atoms with Gasteiger partial charge in [0, 0.05) is 12.6 Å². The normalized spacial score (nSPS) is 14.4. The molecule has 42 heavy (non-hydrogen) atoms. The number of hydrogen-bond donors (Lipinski definition) is 1. The Morgan fingerprint density at radius 1 is 0.929 bits per heavy atom. The molecule has 0 bridgehead atoms. The van der Waals surface area contributed by atoms with E-state index in [9.17, 15) is 22.4 Å². The topological polar surface area (TPSA) is 86.8 Å². The van der Waals surface area contributed by atoms with Gasteiger partial charge in [0.15, 0.2) is 0 Å². The van der Waals surface area contributed by atoms with Crippen LogP contribution in [0.1, 0.15) is 61.3 Å². The lowest BCUT2D eigenvalue weighted by atomic mass is 10.1. The molecule has 1 saturated carbocycles. The number of rotatable bonds is 11. The van der Waals surface area contributed by atoms with Crippen molar-refractivity contribution >= 4 is 27.5 Å². The summed E-state index contributed by atoms with van der Waals surface area (Å²) in [4.78, 5) is 29.2. The van der Waals surface area contributed by atoms with Gasteiger partial charge >= 0.3 is 0 Å². The Kier molecular flexibility index (Phi) is 10.0. The van der Waals surface area contributed by atoms with Gasteiger partial charge in [-0.15, -0.1) is 0 Å². The summed E-state index contributed by atoms with van der Waals surface area (Å²) in [6, 6.07) is 16.8. The van der Waals surface area contributed by atoms with Crippen molar-refractivity contribution in [3.05, 3.63) is 94.8 Å². The van der Waals surface area contributed by atoms with Crippen molar-refractivity contribution in [3.8, 4) is 0 Å². The van der Waals surface area contributed by atoms with Gasteiger partial charge in [-0.05, 0) is 93.1 Å². The molecule has 0 aliphatic heterocycles. The number of amides is 2. The number of carbonyl (C=O) groups excluding carboxylic acids is 2. The van der Waals surface area contributed by atoms with Crippen LogP contribution in [0.4, 0.5) is 10.1 Å². The fourth-order valence-electron chi connectivity index (χ4n) is 5.32. The number of nitrogens with zero attached hydrogens (tertiary/aromatic N) is 2. The van der Waals surface area contributed by atoms with E-state index in [0.717, 1.165) is 46.7 Å². The monoisotopic (exact) mass is 593 g/mol. The van der Waals surface area contributed by atoms with Gasteiger partial charge in [0.1, 0.15) is 18.4 Å². The molecule has 2 amide bonds. The Hall–Kier alpha value is -3.72. The molecule has 7 nitrogen and oxygen atoms in total. The minimum absolute atomic E-state index is 0.0288. The first-order chi connectivity index (χ1) is 20.0. The Labute approximate surface area is 248 Å². The molecule has 0 spiro atoms. The zero-order valence-electron chi connectivity index (χ0n) is 24.8. The first kappa shape index (κ1) is 31.2. The first-order valence-corrected chi connectivity index (χ1v) is 15.9. The summed E-state index contributed by atoms with van der Waals surface area (Å²) in [5, 5.41) is 3.10. The maximum Gasteiger partial charge on any atom is 0.264 e. The summed E-state index contributed by atoms with van der Waals surface area (Å²) < 4.78 is 42.9. The third-order valence-electron chi connectivity index (χ3n) is 8.02. The van der Waals surface area contributed by atoms with Crippen LogP contribution in [0.25, 0.3) is 0 Å². The predicted octanol–water partition coefficient (Wildman–Crippen LogP) is 5.81. The Balaban J connectivity index is 1.73. The highest BCUT2D eigenvalue weighted by atomic mass is 32.2. The SMILES string of the molecule is CC[C@H](C(=O)NC1CCCC1)N(Cc1ccc(F)cc1)C(=O)CN(c1ccc(C)c(C)c1)S(=O)(=O)c1ccc(C)cc1. The van der Waals surface area contributed by atoms with E-state index in [1.165, 1.54) is 29.2 Å². The van der Waals surface area contributed by atoms with E-state index in [4.69, 9.17) is 0 Å². The molecule has 9 heteroatoms. The summed E-state index contributed by atoms with van der Waals surface area (Å²) in [5.74, 6) is -1.20. The van der Waals surface area contributed by atoms with Crippen LogP contribution < -0.4 is 9.62 Å². The molecule has 3 aromatic rings. The number of aryl methyl sites for hydroxylation is 3. The van der Waals surface area contributed by atoms with Crippen LogP contribution in [-0.4, -0.2) is 43.8 Å². The Morgan fingerprint density at radius 3 is 2.17 bits per heavy atom. The number of sulfonamides is 1. The standard InChI is InChI=1S/C33H40FN3O4S/c1-5-31(33(39)35-28-8-6-7-9-28)36(21-26-13-15-27(34)16-14-26)32(38)22-37(29-17-12-24(3)25(4)20-29)42(40,41)30-18-10-23(2)11-19-30/h10-20,28,31H,5-9,21-22H2,1-4H3,(H,35,39)/t31-/m1/s1. The average Bonchev–Trinajstić information content (AvgIpc) is 3.47. The van der Waals surface area contributed by atoms with Crippen molar-refractivity contribution in [1.29, 1.82) is 0 Å². The third-order valence-corrected chi connectivity index (χ3v) is 9.81. The summed E-state index contributed by atoms with van der Waals surface area (Å²) in [7, 11) is -4.14. The van der Waals surface area contributed by atoms with Gasteiger partial charge in [-0.3, -0.25) is 13.9 Å². The van der Waals surface area contributed by atoms with E-state index in [0.29, 0.717) is 17.7 Å². The van der Waals surface area contributed by atoms with Crippen LogP contribution in [0, 0.1) is 26.6 Å². The fourth-order valence-corrected chi connectivity index (χ4v) is 6.73. The van der Waals surface area contributed by atoms with Crippen LogP contribution in [0.3, 0.4) is 0 Å². The zero-order chi connectivity index (χ0) is 30.4. The predicted molar refractivity (Wildman–Crippen MR) is 163 cm³/mol. The van der Waals surface area contributed by atoms with E-state index in [1.807, 2.05) is 33.8 Å². The van der Waals surface area contributed by atoms with Gasteiger partial charge in [-0.1, -0.05) is 55.7 Å². The fraction of sp³-hybridized carbons (Fsp3) is 0.394. The molecule has 0 saturated heterocycles. The number of hydrogen-bond acceptors (Lipinski definition) is 4. The molecular weight excluding hydrogens is 553 g/mol. The molecule has 0 aromatic heterocycles. The molecule has 1 fully saturated rings. The van der Waals surface area contributed by atoms with E-state index in [-0.39, 0.29) is 23.4 Å². The third kappa shape index (κ3) is 7.37. The maximum atomic E-state index is 14.2. The molecule has 3 aromatic carbocycles. The number of carbonyl (C=O) groups is 2. The van der Waals surface area contributed by atoms with Gasteiger partial charge in [0.25, 0.3) is 10.0 Å². The second-order valence-electron chi connectivity index (χ2n) is 11.2. The smallest absolute Gasteiger partial charge is 0.264 e. The van der Waals surface area contributed by atoms with E-state index < -0.39 is 34.3 Å². The molecule has 4 rings (SSSR count). The average molecular weight is 594 g/mol. The minimum atomic E-state index is -4.14. The summed E-state index contributed by atoms with van der Waals surface area (Å²) in [5.41, 5.74) is 3.78. The highest BCUT2D eigenvalue weighted by molar-refractivity contribution is 7.92. The number of nitrogens with one attached hydrogen (secondary N) is 1. The lowest BCUT2D eigenvalue weighted by Crippen LogP contribution is -2.53. The number of halogens is 1. The molecule has 224 valence electrons. The van der Waals surface area contributed by atoms with E-state index in [1.54, 1.807) is 36.4 Å². The van der Waals surface area contributed by atoms with Crippen LogP contribution >= 0.6 is 0 Å². The van der Waals surface area contributed by atoms with Crippen LogP contribution in [0.5, 0.6) is 0 Å². The zero-order valence-corrected chi connectivity index (χ0v) is 25.6. The van der Waals surface area contributed by atoms with E-state index in [2.05, 4.69) is 5.32 Å². The van der Waals surface area contributed by atoms with Crippen molar-refractivity contribution in [2.24, 2.45) is 0 Å². The number of benzene rings is 3. The van der Waals surface area contributed by atoms with E-state index >= 15 is 0 Å². The molecule has 0 heterocycles. The van der Waals surface area contributed by atoms with Crippen molar-refractivity contribution in [2.45, 2.75) is 83.3 Å². The van der Waals surface area contributed by atoms with Crippen molar-refractivity contribution in [2.75, 3.05) is 10.8 Å². The second-order valence-corrected chi connectivity index (χ2v) is 13.0. The van der Waals surface area contributed by atoms with Crippen molar-refractivity contribution < 1.29 is 22.4 Å². The van der Waals surface area contributed by atoms with Crippen LogP contribution in [-0.2, 0) is 26.2 Å². The van der Waals surface area contributed by atoms with Gasteiger partial charge < -0.3 is 10.2 Å². The quantitative estimate of drug-likeness (QED) is 0.304. The van der Waals surface area contributed by atoms with Crippen LogP contribution in [0.2, 0.25) is 0 Å². The molecular formula is C33H40FN3O4S. The summed E-state index contributed by atoms with van der Waals surface area (Å²) in [6.45, 7) is 7.04. The van der Waals surface area contributed by atoms with Crippen LogP contribution in [0.15, 0.2) is 71.6 Å². The number of anilines is 1. The highest BCUT2D eigenvalue weighted by Gasteiger charge is 2.34.